The minimum Gasteiger partial charge on any atom is -0.389 e. The molecule has 25 heavy (non-hydrogen) atoms. The Hall–Kier alpha value is -0.490. The van der Waals surface area contributed by atoms with E-state index < -0.39 is 6.10 Å². The summed E-state index contributed by atoms with van der Waals surface area (Å²) in [5, 5.41) is 10.2. The summed E-state index contributed by atoms with van der Waals surface area (Å²) in [5.74, 6) is 0.545. The number of rotatable bonds is 11. The van der Waals surface area contributed by atoms with Gasteiger partial charge in [0.05, 0.1) is 25.9 Å². The van der Waals surface area contributed by atoms with Crippen LogP contribution in [0.3, 0.4) is 0 Å². The van der Waals surface area contributed by atoms with Crippen LogP contribution in [0, 0.1) is 11.3 Å². The molecule has 0 spiro atoms. The van der Waals surface area contributed by atoms with Crippen LogP contribution in [0.2, 0.25) is 0 Å². The summed E-state index contributed by atoms with van der Waals surface area (Å²) in [6.45, 7) is 21.0. The molecule has 0 aromatic rings. The summed E-state index contributed by atoms with van der Waals surface area (Å²) in [7, 11) is 0. The van der Waals surface area contributed by atoms with E-state index in [1.54, 1.807) is 0 Å². The number of nitrogens with zero attached hydrogens (tertiary/aromatic N) is 3. The number of aliphatic imine (C=N–C) groups is 1. The van der Waals surface area contributed by atoms with Crippen LogP contribution in [0.25, 0.3) is 0 Å². The van der Waals surface area contributed by atoms with E-state index >= 15 is 0 Å². The van der Waals surface area contributed by atoms with E-state index in [9.17, 15) is 5.11 Å². The van der Waals surface area contributed by atoms with Crippen molar-refractivity contribution >= 4 is 5.71 Å². The molecule has 1 fully saturated rings. The molecule has 0 aromatic carbocycles. The van der Waals surface area contributed by atoms with Gasteiger partial charge in [-0.3, -0.25) is 14.8 Å². The van der Waals surface area contributed by atoms with E-state index in [2.05, 4.69) is 56.3 Å². The van der Waals surface area contributed by atoms with Crippen molar-refractivity contribution < 1.29 is 9.84 Å². The highest BCUT2D eigenvalue weighted by Gasteiger charge is 2.20. The van der Waals surface area contributed by atoms with E-state index in [1.807, 2.05) is 0 Å². The summed E-state index contributed by atoms with van der Waals surface area (Å²) >= 11 is 0. The molecule has 1 aliphatic rings. The average Bonchev–Trinajstić information content (AvgIpc) is 2.56. The second-order valence-corrected chi connectivity index (χ2v) is 8.51. The van der Waals surface area contributed by atoms with Gasteiger partial charge in [-0.15, -0.1) is 0 Å². The van der Waals surface area contributed by atoms with Crippen molar-refractivity contribution in [1.29, 1.82) is 0 Å². The molecule has 5 heteroatoms. The van der Waals surface area contributed by atoms with Gasteiger partial charge in [-0.05, 0) is 24.7 Å². The predicted molar refractivity (Wildman–Crippen MR) is 107 cm³/mol. The first-order chi connectivity index (χ1) is 11.7. The lowest BCUT2D eigenvalue weighted by molar-refractivity contribution is -0.0165. The Balaban J connectivity index is 2.16. The Morgan fingerprint density at radius 2 is 1.76 bits per heavy atom. The standard InChI is InChI=1S/C20H41N3O2/c1-7-20(5,6)16-25-15-19(24)14-23-12-10-22(11-13-23)9-8-21-18(4)17(2)3/h17,19,24H,7-16H2,1-6H3. The Morgan fingerprint density at radius 1 is 1.16 bits per heavy atom. The number of hydrogen-bond acceptors (Lipinski definition) is 5. The normalized spacial score (nSPS) is 19.6. The fourth-order valence-electron chi connectivity index (χ4n) is 2.67. The first-order valence-electron chi connectivity index (χ1n) is 9.95. The number of aliphatic hydroxyl groups excluding tert-OH is 1. The molecule has 0 bridgehead atoms. The van der Waals surface area contributed by atoms with Crippen LogP contribution in [0.15, 0.2) is 4.99 Å². The second-order valence-electron chi connectivity index (χ2n) is 8.51. The molecule has 1 heterocycles. The highest BCUT2D eigenvalue weighted by Crippen LogP contribution is 2.19. The highest BCUT2D eigenvalue weighted by atomic mass is 16.5. The second kappa shape index (κ2) is 11.3. The fourth-order valence-corrected chi connectivity index (χ4v) is 2.67. The lowest BCUT2D eigenvalue weighted by atomic mass is 9.92. The molecule has 5 nitrogen and oxygen atoms in total. The quantitative estimate of drug-likeness (QED) is 0.579. The molecule has 0 radical (unpaired) electrons. The molecular formula is C20H41N3O2. The van der Waals surface area contributed by atoms with E-state index in [1.165, 1.54) is 5.71 Å². The molecule has 0 saturated carbocycles. The smallest absolute Gasteiger partial charge is 0.0900 e. The van der Waals surface area contributed by atoms with Gasteiger partial charge in [-0.1, -0.05) is 34.6 Å². The van der Waals surface area contributed by atoms with Crippen molar-refractivity contribution in [2.75, 3.05) is 59.0 Å². The van der Waals surface area contributed by atoms with Crippen LogP contribution in [0.5, 0.6) is 0 Å². The first kappa shape index (κ1) is 22.6. The average molecular weight is 356 g/mol. The van der Waals surface area contributed by atoms with Gasteiger partial charge >= 0.3 is 0 Å². The molecule has 1 unspecified atom stereocenters. The molecule has 148 valence electrons. The summed E-state index contributed by atoms with van der Waals surface area (Å²) < 4.78 is 5.71. The number of β-amino-alcohol motifs (C(OH)–C–C–N with tert-alkyl or cyclic N) is 1. The summed E-state index contributed by atoms with van der Waals surface area (Å²) in [6, 6.07) is 0. The number of hydrogen-bond donors (Lipinski definition) is 1. The van der Waals surface area contributed by atoms with Gasteiger partial charge < -0.3 is 9.84 Å². The van der Waals surface area contributed by atoms with Gasteiger partial charge in [0.25, 0.3) is 0 Å². The molecule has 1 saturated heterocycles. The zero-order valence-corrected chi connectivity index (χ0v) is 17.4. The van der Waals surface area contributed by atoms with Crippen molar-refractivity contribution in [3.8, 4) is 0 Å². The minimum absolute atomic E-state index is 0.196. The lowest BCUT2D eigenvalue weighted by Crippen LogP contribution is -2.49. The van der Waals surface area contributed by atoms with Crippen molar-refractivity contribution in [1.82, 2.24) is 9.80 Å². The summed E-state index contributed by atoms with van der Waals surface area (Å²) in [6.07, 6.45) is 0.698. The third kappa shape index (κ3) is 9.69. The number of ether oxygens (including phenoxy) is 1. The largest absolute Gasteiger partial charge is 0.389 e. The Kier molecular flexibility index (Phi) is 10.2. The Bertz CT molecular complexity index is 388. The van der Waals surface area contributed by atoms with Crippen LogP contribution in [-0.4, -0.2) is 85.7 Å². The van der Waals surface area contributed by atoms with Gasteiger partial charge in [-0.2, -0.15) is 0 Å². The van der Waals surface area contributed by atoms with Crippen LogP contribution in [0.1, 0.15) is 48.0 Å². The first-order valence-corrected chi connectivity index (χ1v) is 9.95. The molecule has 0 aliphatic carbocycles. The van der Waals surface area contributed by atoms with Crippen molar-refractivity contribution in [2.24, 2.45) is 16.3 Å². The SMILES string of the molecule is CCC(C)(C)COCC(O)CN1CCN(CCN=C(C)C(C)C)CC1. The summed E-state index contributed by atoms with van der Waals surface area (Å²) in [4.78, 5) is 9.47. The van der Waals surface area contributed by atoms with Crippen molar-refractivity contribution in [3.63, 3.8) is 0 Å². The van der Waals surface area contributed by atoms with E-state index in [0.29, 0.717) is 25.7 Å². The number of piperazine rings is 1. The number of aliphatic hydroxyl groups is 1. The van der Waals surface area contributed by atoms with Crippen LogP contribution in [0.4, 0.5) is 0 Å². The van der Waals surface area contributed by atoms with Gasteiger partial charge in [0.2, 0.25) is 0 Å². The topological polar surface area (TPSA) is 48.3 Å². The Morgan fingerprint density at radius 3 is 2.32 bits per heavy atom. The van der Waals surface area contributed by atoms with Crippen molar-refractivity contribution in [3.05, 3.63) is 0 Å². The van der Waals surface area contributed by atoms with Gasteiger partial charge in [0.1, 0.15) is 0 Å². The summed E-state index contributed by atoms with van der Waals surface area (Å²) in [5.41, 5.74) is 1.44. The minimum atomic E-state index is -0.391. The van der Waals surface area contributed by atoms with Crippen LogP contribution < -0.4 is 0 Å². The molecule has 0 amide bonds. The molecular weight excluding hydrogens is 314 g/mol. The van der Waals surface area contributed by atoms with Crippen LogP contribution >= 0.6 is 0 Å². The van der Waals surface area contributed by atoms with E-state index in [4.69, 9.17) is 4.74 Å². The molecule has 1 aliphatic heterocycles. The van der Waals surface area contributed by atoms with Crippen molar-refractivity contribution in [2.45, 2.75) is 54.1 Å². The molecule has 1 N–H and O–H groups in total. The van der Waals surface area contributed by atoms with Gasteiger partial charge in [0.15, 0.2) is 0 Å². The maximum Gasteiger partial charge on any atom is 0.0900 e. The van der Waals surface area contributed by atoms with Gasteiger partial charge in [-0.25, -0.2) is 0 Å². The zero-order valence-electron chi connectivity index (χ0n) is 17.4. The maximum atomic E-state index is 10.2. The maximum absolute atomic E-state index is 10.2. The van der Waals surface area contributed by atoms with E-state index in [-0.39, 0.29) is 5.41 Å². The molecule has 0 aromatic heterocycles. The van der Waals surface area contributed by atoms with Gasteiger partial charge in [0, 0.05) is 45.0 Å². The van der Waals surface area contributed by atoms with E-state index in [0.717, 1.165) is 45.7 Å². The predicted octanol–water partition coefficient (Wildman–Crippen LogP) is 2.53. The third-order valence-corrected chi connectivity index (χ3v) is 5.31. The van der Waals surface area contributed by atoms with Crippen LogP contribution in [-0.2, 0) is 4.74 Å². The molecule has 1 atom stereocenters. The monoisotopic (exact) mass is 355 g/mol. The lowest BCUT2D eigenvalue weighted by Gasteiger charge is -2.35. The third-order valence-electron chi connectivity index (χ3n) is 5.31. The Labute approximate surface area is 155 Å². The molecule has 1 rings (SSSR count). The highest BCUT2D eigenvalue weighted by molar-refractivity contribution is 5.83. The fraction of sp³-hybridized carbons (Fsp3) is 0.950. The zero-order chi connectivity index (χ0) is 18.9.